The molecule has 0 saturated heterocycles. The number of nitrogens with zero attached hydrogens (tertiary/aromatic N) is 3. The highest BCUT2D eigenvalue weighted by Gasteiger charge is 2.08. The minimum Gasteiger partial charge on any atom is -0.361 e. The zero-order valence-electron chi connectivity index (χ0n) is 13.2. The number of benzene rings is 1. The van der Waals surface area contributed by atoms with Gasteiger partial charge in [-0.2, -0.15) is 5.10 Å². The molecule has 1 amide bonds. The van der Waals surface area contributed by atoms with E-state index in [0.717, 1.165) is 11.4 Å². The number of hydrogen-bond acceptors (Lipinski definition) is 4. The quantitative estimate of drug-likeness (QED) is 0.753. The van der Waals surface area contributed by atoms with Gasteiger partial charge in [0.05, 0.1) is 23.5 Å². The Bertz CT molecular complexity index is 823. The highest BCUT2D eigenvalue weighted by atomic mass is 19.1. The molecule has 0 aliphatic heterocycles. The molecule has 3 rings (SSSR count). The van der Waals surface area contributed by atoms with Crippen LogP contribution >= 0.6 is 0 Å². The van der Waals surface area contributed by atoms with E-state index in [9.17, 15) is 9.18 Å². The summed E-state index contributed by atoms with van der Waals surface area (Å²) in [5.41, 5.74) is 2.25. The van der Waals surface area contributed by atoms with E-state index in [1.807, 2.05) is 12.3 Å². The van der Waals surface area contributed by atoms with Gasteiger partial charge in [0.25, 0.3) is 0 Å². The molecule has 7 heteroatoms. The van der Waals surface area contributed by atoms with Crippen LogP contribution in [0, 0.1) is 12.7 Å². The molecule has 0 bridgehead atoms. The summed E-state index contributed by atoms with van der Waals surface area (Å²) in [6, 6.07) is 9.72. The first-order chi connectivity index (χ1) is 11.6. The third-order valence-corrected chi connectivity index (χ3v) is 3.46. The van der Waals surface area contributed by atoms with Crippen LogP contribution in [0.15, 0.2) is 47.1 Å². The molecule has 1 aromatic carbocycles. The molecule has 24 heavy (non-hydrogen) atoms. The lowest BCUT2D eigenvalue weighted by Crippen LogP contribution is -2.27. The number of rotatable bonds is 6. The molecule has 2 heterocycles. The van der Waals surface area contributed by atoms with Gasteiger partial charge in [-0.3, -0.25) is 4.79 Å². The van der Waals surface area contributed by atoms with E-state index in [4.69, 9.17) is 4.52 Å². The minimum atomic E-state index is -0.281. The summed E-state index contributed by atoms with van der Waals surface area (Å²) in [4.78, 5) is 11.8. The summed E-state index contributed by atoms with van der Waals surface area (Å²) in [7, 11) is 0. The largest absolute Gasteiger partial charge is 0.361 e. The van der Waals surface area contributed by atoms with Crippen molar-refractivity contribution in [2.24, 2.45) is 0 Å². The van der Waals surface area contributed by atoms with Crippen molar-refractivity contribution in [3.63, 3.8) is 0 Å². The molecule has 0 fully saturated rings. The Kier molecular flexibility index (Phi) is 4.69. The first kappa shape index (κ1) is 15.9. The maximum Gasteiger partial charge on any atom is 0.226 e. The molecule has 0 radical (unpaired) electrons. The van der Waals surface area contributed by atoms with Gasteiger partial charge in [0.1, 0.15) is 11.6 Å². The molecule has 0 atom stereocenters. The molecule has 0 aliphatic rings. The number of carbonyl (C=O) groups excluding carboxylic acids is 1. The second kappa shape index (κ2) is 7.08. The van der Waals surface area contributed by atoms with Gasteiger partial charge in [-0.25, -0.2) is 9.07 Å². The van der Waals surface area contributed by atoms with Crippen molar-refractivity contribution in [1.29, 1.82) is 0 Å². The van der Waals surface area contributed by atoms with Crippen molar-refractivity contribution in [3.05, 3.63) is 65.6 Å². The van der Waals surface area contributed by atoms with Crippen molar-refractivity contribution in [2.45, 2.75) is 19.8 Å². The summed E-state index contributed by atoms with van der Waals surface area (Å²) >= 11 is 0. The van der Waals surface area contributed by atoms with Crippen molar-refractivity contribution in [2.75, 3.05) is 6.54 Å². The van der Waals surface area contributed by atoms with Gasteiger partial charge < -0.3 is 9.84 Å². The second-order valence-corrected chi connectivity index (χ2v) is 5.43. The molecule has 0 saturated carbocycles. The van der Waals surface area contributed by atoms with E-state index in [1.165, 1.54) is 12.1 Å². The number of halogens is 1. The molecule has 0 spiro atoms. The third-order valence-electron chi connectivity index (χ3n) is 3.46. The molecule has 124 valence electrons. The Labute approximate surface area is 138 Å². The van der Waals surface area contributed by atoms with Crippen molar-refractivity contribution < 1.29 is 13.7 Å². The average molecular weight is 328 g/mol. The Hall–Kier alpha value is -2.96. The maximum atomic E-state index is 12.9. The van der Waals surface area contributed by atoms with Gasteiger partial charge in [-0.1, -0.05) is 5.16 Å². The second-order valence-electron chi connectivity index (χ2n) is 5.43. The molecule has 0 unspecified atom stereocenters. The van der Waals surface area contributed by atoms with Crippen LogP contribution in [0.5, 0.6) is 0 Å². The summed E-state index contributed by atoms with van der Waals surface area (Å²) in [5.74, 6) is 0.293. The molecule has 0 aliphatic carbocycles. The van der Waals surface area contributed by atoms with Crippen molar-refractivity contribution >= 4 is 5.91 Å². The summed E-state index contributed by atoms with van der Waals surface area (Å²) in [6.45, 7) is 2.27. The standard InChI is InChI=1S/C17H17FN4O2/c1-12-10-15(21-24-12)11-17(23)19-8-6-14-7-9-22(20-14)16-4-2-13(18)3-5-16/h2-5,7,9-10H,6,8,11H2,1H3,(H,19,23). The predicted molar refractivity (Wildman–Crippen MR) is 85.2 cm³/mol. The topological polar surface area (TPSA) is 73.0 Å². The van der Waals surface area contributed by atoms with Crippen LogP contribution in [-0.4, -0.2) is 27.4 Å². The number of carbonyl (C=O) groups is 1. The average Bonchev–Trinajstić information content (AvgIpc) is 3.17. The number of amides is 1. The van der Waals surface area contributed by atoms with Gasteiger partial charge in [0, 0.05) is 25.2 Å². The Morgan fingerprint density at radius 2 is 2.04 bits per heavy atom. The van der Waals surface area contributed by atoms with E-state index >= 15 is 0 Å². The van der Waals surface area contributed by atoms with Crippen LogP contribution in [0.3, 0.4) is 0 Å². The van der Waals surface area contributed by atoms with Gasteiger partial charge in [0.2, 0.25) is 5.91 Å². The van der Waals surface area contributed by atoms with E-state index in [0.29, 0.717) is 24.4 Å². The zero-order chi connectivity index (χ0) is 16.9. The van der Waals surface area contributed by atoms with Crippen LogP contribution < -0.4 is 5.32 Å². The number of nitrogens with one attached hydrogen (secondary N) is 1. The molecule has 1 N–H and O–H groups in total. The Balaban J connectivity index is 1.48. The van der Waals surface area contributed by atoms with Gasteiger partial charge >= 0.3 is 0 Å². The van der Waals surface area contributed by atoms with E-state index in [2.05, 4.69) is 15.6 Å². The normalized spacial score (nSPS) is 10.8. The minimum absolute atomic E-state index is 0.110. The number of aryl methyl sites for hydroxylation is 1. The first-order valence-electron chi connectivity index (χ1n) is 7.59. The SMILES string of the molecule is Cc1cc(CC(=O)NCCc2ccn(-c3ccc(F)cc3)n2)no1. The molecular formula is C17H17FN4O2. The maximum absolute atomic E-state index is 12.9. The summed E-state index contributed by atoms with van der Waals surface area (Å²) in [6.07, 6.45) is 2.61. The highest BCUT2D eigenvalue weighted by Crippen LogP contribution is 2.09. The monoisotopic (exact) mass is 328 g/mol. The lowest BCUT2D eigenvalue weighted by molar-refractivity contribution is -0.120. The highest BCUT2D eigenvalue weighted by molar-refractivity contribution is 5.78. The van der Waals surface area contributed by atoms with Crippen LogP contribution in [0.25, 0.3) is 5.69 Å². The fourth-order valence-corrected chi connectivity index (χ4v) is 2.29. The fourth-order valence-electron chi connectivity index (χ4n) is 2.29. The number of aromatic nitrogens is 3. The first-order valence-corrected chi connectivity index (χ1v) is 7.59. The van der Waals surface area contributed by atoms with Crippen LogP contribution in [-0.2, 0) is 17.6 Å². The Morgan fingerprint density at radius 3 is 2.75 bits per heavy atom. The zero-order valence-corrected chi connectivity index (χ0v) is 13.2. The molecule has 3 aromatic rings. The lowest BCUT2D eigenvalue weighted by atomic mass is 10.2. The smallest absolute Gasteiger partial charge is 0.226 e. The Morgan fingerprint density at radius 1 is 1.25 bits per heavy atom. The molecule has 6 nitrogen and oxygen atoms in total. The van der Waals surface area contributed by atoms with E-state index in [1.54, 1.807) is 29.8 Å². The van der Waals surface area contributed by atoms with Gasteiger partial charge in [0.15, 0.2) is 0 Å². The number of hydrogen-bond donors (Lipinski definition) is 1. The summed E-state index contributed by atoms with van der Waals surface area (Å²) < 4.78 is 19.5. The van der Waals surface area contributed by atoms with E-state index in [-0.39, 0.29) is 18.1 Å². The molecular weight excluding hydrogens is 311 g/mol. The lowest BCUT2D eigenvalue weighted by Gasteiger charge is -2.03. The van der Waals surface area contributed by atoms with Crippen molar-refractivity contribution in [1.82, 2.24) is 20.3 Å². The van der Waals surface area contributed by atoms with E-state index < -0.39 is 0 Å². The van der Waals surface area contributed by atoms with Gasteiger partial charge in [-0.15, -0.1) is 0 Å². The summed E-state index contributed by atoms with van der Waals surface area (Å²) in [5, 5.41) is 11.0. The predicted octanol–water partition coefficient (Wildman–Crippen LogP) is 2.21. The fraction of sp³-hybridized carbons (Fsp3) is 0.235. The van der Waals surface area contributed by atoms with Crippen LogP contribution in [0.1, 0.15) is 17.1 Å². The van der Waals surface area contributed by atoms with Crippen molar-refractivity contribution in [3.8, 4) is 5.69 Å². The molecule has 2 aromatic heterocycles. The third kappa shape index (κ3) is 4.07. The van der Waals surface area contributed by atoms with Gasteiger partial charge in [-0.05, 0) is 37.3 Å². The van der Waals surface area contributed by atoms with Crippen LogP contribution in [0.4, 0.5) is 4.39 Å². The van der Waals surface area contributed by atoms with Crippen LogP contribution in [0.2, 0.25) is 0 Å².